The zero-order valence-corrected chi connectivity index (χ0v) is 8.67. The fraction of sp³-hybridized carbons (Fsp3) is 0.500. The Labute approximate surface area is 89.4 Å². The van der Waals surface area contributed by atoms with Crippen LogP contribution in [0.25, 0.3) is 0 Å². The smallest absolute Gasteiger partial charge is 0.396 e. The van der Waals surface area contributed by atoms with E-state index in [0.29, 0.717) is 0 Å². The van der Waals surface area contributed by atoms with Gasteiger partial charge in [-0.3, -0.25) is 9.48 Å². The van der Waals surface area contributed by atoms with E-state index in [1.54, 1.807) is 5.32 Å². The van der Waals surface area contributed by atoms with Crippen molar-refractivity contribution in [2.75, 3.05) is 5.73 Å². The first kappa shape index (κ1) is 12.3. The minimum atomic E-state index is -4.48. The Hall–Kier alpha value is -1.73. The Morgan fingerprint density at radius 2 is 2.19 bits per heavy atom. The van der Waals surface area contributed by atoms with Gasteiger partial charge in [0.05, 0.1) is 11.9 Å². The van der Waals surface area contributed by atoms with Crippen molar-refractivity contribution in [3.8, 4) is 0 Å². The summed E-state index contributed by atoms with van der Waals surface area (Å²) >= 11 is 0. The molecule has 1 aromatic rings. The van der Waals surface area contributed by atoms with Crippen molar-refractivity contribution in [2.45, 2.75) is 19.1 Å². The van der Waals surface area contributed by atoms with E-state index in [9.17, 15) is 18.0 Å². The summed E-state index contributed by atoms with van der Waals surface area (Å²) < 4.78 is 37.7. The molecule has 0 aliphatic rings. The molecule has 0 aliphatic carbocycles. The minimum absolute atomic E-state index is 0.0365. The van der Waals surface area contributed by atoms with Crippen molar-refractivity contribution in [1.82, 2.24) is 15.1 Å². The van der Waals surface area contributed by atoms with Gasteiger partial charge in [0.2, 0.25) is 0 Å². The van der Waals surface area contributed by atoms with Crippen molar-refractivity contribution in [2.24, 2.45) is 7.05 Å². The number of carbonyl (C=O) groups excluding carboxylic acids is 1. The van der Waals surface area contributed by atoms with E-state index in [1.165, 1.54) is 13.2 Å². The highest BCUT2D eigenvalue weighted by Gasteiger charge is 2.37. The van der Waals surface area contributed by atoms with Crippen molar-refractivity contribution in [3.05, 3.63) is 11.9 Å². The summed E-state index contributed by atoms with van der Waals surface area (Å²) in [5, 5.41) is 5.46. The minimum Gasteiger partial charge on any atom is -0.396 e. The average Bonchev–Trinajstić information content (AvgIpc) is 2.44. The number of hydrogen-bond acceptors (Lipinski definition) is 3. The van der Waals surface area contributed by atoms with Gasteiger partial charge in [-0.05, 0) is 6.92 Å². The van der Waals surface area contributed by atoms with E-state index < -0.39 is 18.1 Å². The first-order valence-corrected chi connectivity index (χ1v) is 4.38. The van der Waals surface area contributed by atoms with Crippen molar-refractivity contribution >= 4 is 11.6 Å². The molecular weight excluding hydrogens is 225 g/mol. The number of nitrogens with two attached hydrogens (primary N) is 1. The molecule has 1 aromatic heterocycles. The summed E-state index contributed by atoms with van der Waals surface area (Å²) in [6.45, 7) is 0.852. The molecule has 0 aromatic carbocycles. The Morgan fingerprint density at radius 1 is 1.62 bits per heavy atom. The van der Waals surface area contributed by atoms with Crippen LogP contribution in [-0.4, -0.2) is 27.9 Å². The van der Waals surface area contributed by atoms with Crippen LogP contribution in [0.5, 0.6) is 0 Å². The van der Waals surface area contributed by atoms with E-state index in [0.717, 1.165) is 11.6 Å². The van der Waals surface area contributed by atoms with E-state index in [2.05, 4.69) is 5.10 Å². The first-order chi connectivity index (χ1) is 7.23. The second-order valence-corrected chi connectivity index (χ2v) is 3.31. The Kier molecular flexibility index (Phi) is 3.11. The lowest BCUT2D eigenvalue weighted by molar-refractivity contribution is -0.149. The van der Waals surface area contributed by atoms with E-state index in [4.69, 9.17) is 5.73 Å². The van der Waals surface area contributed by atoms with Gasteiger partial charge in [-0.1, -0.05) is 0 Å². The molecule has 1 rings (SSSR count). The third-order valence-corrected chi connectivity index (χ3v) is 2.02. The largest absolute Gasteiger partial charge is 0.408 e. The number of nitrogen functional groups attached to an aromatic ring is 1. The molecule has 0 bridgehead atoms. The molecule has 0 aliphatic heterocycles. The molecule has 3 N–H and O–H groups in total. The Morgan fingerprint density at radius 3 is 2.56 bits per heavy atom. The molecule has 1 unspecified atom stereocenters. The standard InChI is InChI=1S/C8H11F3N4O/c1-4(8(9,10)11)14-7(16)6-5(12)3-13-15(6)2/h3-4H,12H2,1-2H3,(H,14,16). The predicted octanol–water partition coefficient (Wildman–Crippen LogP) is 0.683. The topological polar surface area (TPSA) is 72.9 Å². The lowest BCUT2D eigenvalue weighted by Gasteiger charge is -2.17. The molecule has 0 radical (unpaired) electrons. The molecule has 1 atom stereocenters. The molecule has 8 heteroatoms. The number of nitrogens with zero attached hydrogens (tertiary/aromatic N) is 2. The van der Waals surface area contributed by atoms with Crippen LogP contribution < -0.4 is 11.1 Å². The van der Waals surface area contributed by atoms with Crippen LogP contribution in [0, 0.1) is 0 Å². The van der Waals surface area contributed by atoms with E-state index >= 15 is 0 Å². The number of carbonyl (C=O) groups is 1. The van der Waals surface area contributed by atoms with Crippen molar-refractivity contribution in [3.63, 3.8) is 0 Å². The van der Waals surface area contributed by atoms with Crippen LogP contribution in [0.1, 0.15) is 17.4 Å². The third kappa shape index (κ3) is 2.44. The van der Waals surface area contributed by atoms with Gasteiger partial charge in [-0.2, -0.15) is 18.3 Å². The Bertz CT molecular complexity index is 379. The molecular formula is C8H11F3N4O. The monoisotopic (exact) mass is 236 g/mol. The summed E-state index contributed by atoms with van der Waals surface area (Å²) in [5.41, 5.74) is 5.35. The number of anilines is 1. The number of hydrogen-bond donors (Lipinski definition) is 2. The summed E-state index contributed by atoms with van der Waals surface area (Å²) in [4.78, 5) is 11.5. The fourth-order valence-electron chi connectivity index (χ4n) is 1.08. The van der Waals surface area contributed by atoms with Gasteiger partial charge >= 0.3 is 6.18 Å². The molecule has 1 amide bonds. The normalized spacial score (nSPS) is 13.6. The number of alkyl halides is 3. The van der Waals surface area contributed by atoms with Crippen LogP contribution in [0.4, 0.5) is 18.9 Å². The molecule has 0 spiro atoms. The second-order valence-electron chi connectivity index (χ2n) is 3.31. The highest BCUT2D eigenvalue weighted by Crippen LogP contribution is 2.20. The molecule has 1 heterocycles. The van der Waals surface area contributed by atoms with Crippen LogP contribution in [0.15, 0.2) is 6.20 Å². The summed E-state index contributed by atoms with van der Waals surface area (Å²) in [6, 6.07) is -1.94. The molecule has 0 saturated carbocycles. The second kappa shape index (κ2) is 4.03. The maximum Gasteiger partial charge on any atom is 0.408 e. The molecule has 0 saturated heterocycles. The highest BCUT2D eigenvalue weighted by molar-refractivity contribution is 5.97. The lowest BCUT2D eigenvalue weighted by Crippen LogP contribution is -2.43. The number of aryl methyl sites for hydroxylation is 1. The zero-order chi connectivity index (χ0) is 12.5. The lowest BCUT2D eigenvalue weighted by atomic mass is 10.3. The van der Waals surface area contributed by atoms with Gasteiger partial charge in [-0.15, -0.1) is 0 Å². The molecule has 90 valence electrons. The van der Waals surface area contributed by atoms with Gasteiger partial charge < -0.3 is 11.1 Å². The van der Waals surface area contributed by atoms with Gasteiger partial charge in [0.1, 0.15) is 11.7 Å². The Balaban J connectivity index is 2.82. The summed E-state index contributed by atoms with van der Waals surface area (Å²) in [7, 11) is 1.42. The fourth-order valence-corrected chi connectivity index (χ4v) is 1.08. The predicted molar refractivity (Wildman–Crippen MR) is 50.6 cm³/mol. The SMILES string of the molecule is CC(NC(=O)c1c(N)cnn1C)C(F)(F)F. The third-order valence-electron chi connectivity index (χ3n) is 2.02. The molecule has 0 fully saturated rings. The van der Waals surface area contributed by atoms with Gasteiger partial charge in [0.25, 0.3) is 5.91 Å². The number of amides is 1. The van der Waals surface area contributed by atoms with Gasteiger partial charge in [-0.25, -0.2) is 0 Å². The van der Waals surface area contributed by atoms with Crippen molar-refractivity contribution in [1.29, 1.82) is 0 Å². The van der Waals surface area contributed by atoms with Crippen molar-refractivity contribution < 1.29 is 18.0 Å². The maximum atomic E-state index is 12.2. The highest BCUT2D eigenvalue weighted by atomic mass is 19.4. The summed E-state index contributed by atoms with van der Waals surface area (Å²) in [5.74, 6) is -0.901. The number of nitrogens with one attached hydrogen (secondary N) is 1. The van der Waals surface area contributed by atoms with E-state index in [-0.39, 0.29) is 11.4 Å². The average molecular weight is 236 g/mol. The number of rotatable bonds is 2. The maximum absolute atomic E-state index is 12.2. The van der Waals surface area contributed by atoms with Crippen LogP contribution in [0.3, 0.4) is 0 Å². The number of aromatic nitrogens is 2. The molecule has 16 heavy (non-hydrogen) atoms. The first-order valence-electron chi connectivity index (χ1n) is 4.38. The quantitative estimate of drug-likeness (QED) is 0.793. The van der Waals surface area contributed by atoms with Crippen LogP contribution in [0.2, 0.25) is 0 Å². The summed E-state index contributed by atoms with van der Waals surface area (Å²) in [6.07, 6.45) is -3.28. The van der Waals surface area contributed by atoms with Crippen LogP contribution in [-0.2, 0) is 7.05 Å². The van der Waals surface area contributed by atoms with Gasteiger partial charge in [0.15, 0.2) is 0 Å². The zero-order valence-electron chi connectivity index (χ0n) is 8.67. The van der Waals surface area contributed by atoms with Crippen LogP contribution >= 0.6 is 0 Å². The molecule has 5 nitrogen and oxygen atoms in total. The number of halogens is 3. The van der Waals surface area contributed by atoms with Gasteiger partial charge in [0, 0.05) is 7.05 Å². The van der Waals surface area contributed by atoms with E-state index in [1.807, 2.05) is 0 Å².